The molecular formula is C28H32N6O4S. The second-order valence-electron chi connectivity index (χ2n) is 10.0. The number of aryl methyl sites for hydroxylation is 2. The molecule has 0 saturated carbocycles. The van der Waals surface area contributed by atoms with Gasteiger partial charge in [0.25, 0.3) is 0 Å². The van der Waals surface area contributed by atoms with Crippen molar-refractivity contribution in [3.05, 3.63) is 71.2 Å². The predicted octanol–water partition coefficient (Wildman–Crippen LogP) is 2.32. The fourth-order valence-corrected chi connectivity index (χ4v) is 6.06. The zero-order valence-electron chi connectivity index (χ0n) is 21.6. The van der Waals surface area contributed by atoms with Crippen molar-refractivity contribution in [2.75, 3.05) is 13.1 Å². The van der Waals surface area contributed by atoms with Gasteiger partial charge >= 0.3 is 0 Å². The molecule has 0 aliphatic carbocycles. The molecule has 2 aliphatic rings. The fraction of sp³-hybridized carbons (Fsp3) is 0.429. The van der Waals surface area contributed by atoms with Gasteiger partial charge in [-0.2, -0.15) is 0 Å². The van der Waals surface area contributed by atoms with Crippen molar-refractivity contribution in [3.8, 4) is 0 Å². The lowest BCUT2D eigenvalue weighted by atomic mass is 10.1. The molecule has 0 spiro atoms. The Labute approximate surface area is 231 Å². The van der Waals surface area contributed by atoms with Gasteiger partial charge in [-0.1, -0.05) is 30.3 Å². The minimum Gasteiger partial charge on any atom is -0.344 e. The first-order valence-electron chi connectivity index (χ1n) is 13.3. The van der Waals surface area contributed by atoms with E-state index in [2.05, 4.69) is 15.3 Å². The zero-order valence-corrected chi connectivity index (χ0v) is 22.5. The lowest BCUT2D eigenvalue weighted by Crippen LogP contribution is -2.60. The first-order chi connectivity index (χ1) is 19.0. The number of imidazole rings is 1. The van der Waals surface area contributed by atoms with Gasteiger partial charge in [-0.05, 0) is 37.7 Å². The van der Waals surface area contributed by atoms with Crippen LogP contribution in [-0.4, -0.2) is 79.1 Å². The number of piperazine rings is 1. The summed E-state index contributed by atoms with van der Waals surface area (Å²) in [6, 6.07) is 8.22. The minimum atomic E-state index is -0.734. The van der Waals surface area contributed by atoms with Crippen molar-refractivity contribution in [1.82, 2.24) is 29.7 Å². The van der Waals surface area contributed by atoms with Crippen LogP contribution in [0.2, 0.25) is 0 Å². The minimum absolute atomic E-state index is 0.0275. The number of amides is 3. The molecule has 3 atom stereocenters. The van der Waals surface area contributed by atoms with Crippen LogP contribution in [0.1, 0.15) is 47.5 Å². The average Bonchev–Trinajstić information content (AvgIpc) is 3.73. The van der Waals surface area contributed by atoms with Gasteiger partial charge in [0.05, 0.1) is 25.0 Å². The molecule has 5 rings (SSSR count). The van der Waals surface area contributed by atoms with Crippen molar-refractivity contribution in [1.29, 1.82) is 0 Å². The van der Waals surface area contributed by atoms with E-state index in [1.54, 1.807) is 33.9 Å². The van der Waals surface area contributed by atoms with Crippen molar-refractivity contribution in [3.63, 3.8) is 0 Å². The van der Waals surface area contributed by atoms with Gasteiger partial charge in [-0.15, -0.1) is 11.3 Å². The highest BCUT2D eigenvalue weighted by Crippen LogP contribution is 2.29. The van der Waals surface area contributed by atoms with Gasteiger partial charge in [0.15, 0.2) is 5.01 Å². The molecule has 4 heterocycles. The van der Waals surface area contributed by atoms with Crippen LogP contribution in [0, 0.1) is 0 Å². The van der Waals surface area contributed by atoms with Crippen molar-refractivity contribution in [2.45, 2.75) is 63.2 Å². The van der Waals surface area contributed by atoms with Crippen molar-refractivity contribution >= 4 is 34.8 Å². The second-order valence-corrected chi connectivity index (χ2v) is 10.9. The molecule has 3 aromatic rings. The van der Waals surface area contributed by atoms with Gasteiger partial charge in [0.2, 0.25) is 23.5 Å². The lowest BCUT2D eigenvalue weighted by Gasteiger charge is -2.39. The Hall–Kier alpha value is -3.86. The Morgan fingerprint density at radius 3 is 2.72 bits per heavy atom. The van der Waals surface area contributed by atoms with E-state index in [-0.39, 0.29) is 36.1 Å². The Balaban J connectivity index is 1.19. The van der Waals surface area contributed by atoms with Gasteiger partial charge < -0.3 is 19.7 Å². The van der Waals surface area contributed by atoms with Gasteiger partial charge in [-0.25, -0.2) is 9.97 Å². The summed E-state index contributed by atoms with van der Waals surface area (Å²) in [5, 5.41) is 5.02. The number of fused-ring (bicyclic) bond motifs is 1. The lowest BCUT2D eigenvalue weighted by molar-refractivity contribution is -0.151. The third-order valence-corrected chi connectivity index (χ3v) is 8.21. The van der Waals surface area contributed by atoms with Crippen LogP contribution < -0.4 is 5.32 Å². The van der Waals surface area contributed by atoms with Gasteiger partial charge in [0.1, 0.15) is 6.04 Å². The molecule has 0 radical (unpaired) electrons. The fourth-order valence-electron chi connectivity index (χ4n) is 5.43. The molecule has 3 amide bonds. The van der Waals surface area contributed by atoms with Crippen LogP contribution in [0.4, 0.5) is 0 Å². The molecule has 204 valence electrons. The normalized spacial score (nSPS) is 19.5. The largest absolute Gasteiger partial charge is 0.344 e. The number of ketones is 1. The molecule has 1 N–H and O–H groups in total. The maximum Gasteiger partial charge on any atom is 0.243 e. The van der Waals surface area contributed by atoms with E-state index in [9.17, 15) is 19.2 Å². The predicted molar refractivity (Wildman–Crippen MR) is 145 cm³/mol. The van der Waals surface area contributed by atoms with E-state index in [0.717, 1.165) is 5.56 Å². The monoisotopic (exact) mass is 548 g/mol. The van der Waals surface area contributed by atoms with Crippen LogP contribution in [0.25, 0.3) is 0 Å². The number of benzene rings is 1. The Kier molecular flexibility index (Phi) is 8.45. The van der Waals surface area contributed by atoms with Crippen LogP contribution in [-0.2, 0) is 27.3 Å². The number of Topliss-reactive ketones (excluding diaryl/α,β-unsaturated/α-hetero) is 1. The highest BCUT2D eigenvalue weighted by Gasteiger charge is 2.46. The number of hydrogen-bond acceptors (Lipinski definition) is 7. The summed E-state index contributed by atoms with van der Waals surface area (Å²) >= 11 is 1.24. The van der Waals surface area contributed by atoms with Crippen molar-refractivity contribution in [2.24, 2.45) is 0 Å². The molecule has 3 unspecified atom stereocenters. The maximum atomic E-state index is 13.4. The molecule has 2 aromatic heterocycles. The first kappa shape index (κ1) is 26.7. The van der Waals surface area contributed by atoms with E-state index in [4.69, 9.17) is 0 Å². The van der Waals surface area contributed by atoms with E-state index < -0.39 is 12.1 Å². The topological polar surface area (TPSA) is 117 Å². The van der Waals surface area contributed by atoms with E-state index in [1.807, 2.05) is 41.1 Å². The van der Waals surface area contributed by atoms with E-state index >= 15 is 0 Å². The highest BCUT2D eigenvalue weighted by atomic mass is 32.1. The number of rotatable bonds is 11. The summed E-state index contributed by atoms with van der Waals surface area (Å²) in [6.45, 7) is 1.07. The SMILES string of the molecule is O=C(c1nccs1)C(CCCn1ccnc1)NC(=O)C1CCC2CN(C(=O)CCc3ccccc3)CC(=O)N21. The second kappa shape index (κ2) is 12.3. The van der Waals surface area contributed by atoms with Crippen LogP contribution in [0.3, 0.4) is 0 Å². The molecule has 2 aliphatic heterocycles. The molecule has 39 heavy (non-hydrogen) atoms. The average molecular weight is 549 g/mol. The number of nitrogens with zero attached hydrogens (tertiary/aromatic N) is 5. The molecular weight excluding hydrogens is 516 g/mol. The number of carbonyl (C=O) groups excluding carboxylic acids is 4. The zero-order chi connectivity index (χ0) is 27.2. The van der Waals surface area contributed by atoms with Crippen molar-refractivity contribution < 1.29 is 19.2 Å². The molecule has 1 aromatic carbocycles. The summed E-state index contributed by atoms with van der Waals surface area (Å²) in [5.41, 5.74) is 1.08. The third kappa shape index (κ3) is 6.42. The molecule has 10 nitrogen and oxygen atoms in total. The standard InChI is InChI=1S/C28H32N6O4S/c35-24(11-8-20-5-2-1-3-6-20)33-17-21-9-10-23(34(21)25(36)18-33)27(38)31-22(26(37)28-30-13-16-39-28)7-4-14-32-15-12-29-19-32/h1-3,5-6,12-13,15-16,19,21-23H,4,7-11,14,17-18H2,(H,31,38). The van der Waals surface area contributed by atoms with E-state index in [1.165, 1.54) is 11.3 Å². The Bertz CT molecular complexity index is 1280. The molecule has 0 bridgehead atoms. The summed E-state index contributed by atoms with van der Waals surface area (Å²) in [4.78, 5) is 64.0. The number of hydrogen-bond donors (Lipinski definition) is 1. The first-order valence-corrected chi connectivity index (χ1v) is 14.2. The summed E-state index contributed by atoms with van der Waals surface area (Å²) < 4.78 is 1.92. The van der Waals surface area contributed by atoms with Crippen LogP contribution >= 0.6 is 11.3 Å². The number of nitrogens with one attached hydrogen (secondary N) is 1. The smallest absolute Gasteiger partial charge is 0.243 e. The summed E-state index contributed by atoms with van der Waals surface area (Å²) in [6.07, 6.45) is 10.0. The third-order valence-electron chi connectivity index (χ3n) is 7.42. The number of aromatic nitrogens is 3. The Morgan fingerprint density at radius 2 is 1.97 bits per heavy atom. The quantitative estimate of drug-likeness (QED) is 0.368. The van der Waals surface area contributed by atoms with Gasteiger partial charge in [0, 0.05) is 43.5 Å². The number of thiazole rings is 1. The summed E-state index contributed by atoms with van der Waals surface area (Å²) in [7, 11) is 0. The number of carbonyl (C=O) groups is 4. The molecule has 11 heteroatoms. The maximum absolute atomic E-state index is 13.4. The van der Waals surface area contributed by atoms with Crippen LogP contribution in [0.15, 0.2) is 60.6 Å². The van der Waals surface area contributed by atoms with Gasteiger partial charge in [-0.3, -0.25) is 19.2 Å². The van der Waals surface area contributed by atoms with Crippen LogP contribution in [0.5, 0.6) is 0 Å². The summed E-state index contributed by atoms with van der Waals surface area (Å²) in [5.74, 6) is -0.822. The van der Waals surface area contributed by atoms with E-state index in [0.29, 0.717) is 56.6 Å². The molecule has 2 fully saturated rings. The Morgan fingerprint density at radius 1 is 1.13 bits per heavy atom. The highest BCUT2D eigenvalue weighted by molar-refractivity contribution is 7.11. The molecule has 2 saturated heterocycles.